The van der Waals surface area contributed by atoms with Crippen LogP contribution in [0.5, 0.6) is 0 Å². The molecular formula is C15H10ClFN2. The third-order valence-corrected chi connectivity index (χ3v) is 3.10. The molecule has 0 aliphatic rings. The molecule has 0 aliphatic carbocycles. The summed E-state index contributed by atoms with van der Waals surface area (Å²) in [5.41, 5.74) is 2.78. The maximum absolute atomic E-state index is 13.7. The van der Waals surface area contributed by atoms with Gasteiger partial charge in [-0.2, -0.15) is 5.10 Å². The van der Waals surface area contributed by atoms with Crippen molar-refractivity contribution in [2.75, 3.05) is 0 Å². The first-order valence-corrected chi connectivity index (χ1v) is 6.18. The van der Waals surface area contributed by atoms with Crippen LogP contribution < -0.4 is 0 Å². The lowest BCUT2D eigenvalue weighted by atomic mass is 10.1. The first kappa shape index (κ1) is 11.9. The smallest absolute Gasteiger partial charge is 0.132 e. The molecule has 0 bridgehead atoms. The Morgan fingerprint density at radius 1 is 1.00 bits per heavy atom. The molecule has 0 atom stereocenters. The van der Waals surface area contributed by atoms with Gasteiger partial charge in [-0.3, -0.25) is 5.10 Å². The van der Waals surface area contributed by atoms with Crippen molar-refractivity contribution in [3.63, 3.8) is 0 Å². The number of nitrogens with zero attached hydrogens (tertiary/aromatic N) is 1. The third-order valence-electron chi connectivity index (χ3n) is 2.86. The molecule has 0 spiro atoms. The van der Waals surface area contributed by atoms with E-state index in [0.29, 0.717) is 16.3 Å². The van der Waals surface area contributed by atoms with E-state index in [1.54, 1.807) is 24.3 Å². The van der Waals surface area contributed by atoms with Crippen LogP contribution in [0.1, 0.15) is 0 Å². The second-order valence-electron chi connectivity index (χ2n) is 4.16. The van der Waals surface area contributed by atoms with Crippen LogP contribution in [0.15, 0.2) is 54.6 Å². The van der Waals surface area contributed by atoms with E-state index in [1.165, 1.54) is 6.07 Å². The van der Waals surface area contributed by atoms with Crippen molar-refractivity contribution in [2.45, 2.75) is 0 Å². The molecule has 0 amide bonds. The molecule has 1 aromatic heterocycles. The topological polar surface area (TPSA) is 28.7 Å². The molecule has 0 saturated carbocycles. The van der Waals surface area contributed by atoms with Gasteiger partial charge in [0.2, 0.25) is 0 Å². The Kier molecular flexibility index (Phi) is 3.05. The standard InChI is InChI=1S/C15H10ClFN2/c16-11-5-3-4-10(8-11)14-9-15(19-18-14)12-6-1-2-7-13(12)17/h1-9H,(H,18,19). The molecule has 1 heterocycles. The van der Waals surface area contributed by atoms with Crippen molar-refractivity contribution >= 4 is 11.6 Å². The highest BCUT2D eigenvalue weighted by Gasteiger charge is 2.09. The van der Waals surface area contributed by atoms with Crippen molar-refractivity contribution < 1.29 is 4.39 Å². The highest BCUT2D eigenvalue weighted by atomic mass is 35.5. The normalized spacial score (nSPS) is 10.6. The Bertz CT molecular complexity index is 721. The van der Waals surface area contributed by atoms with Crippen LogP contribution in [0.3, 0.4) is 0 Å². The molecule has 0 saturated heterocycles. The summed E-state index contributed by atoms with van der Waals surface area (Å²) in [7, 11) is 0. The third kappa shape index (κ3) is 2.37. The predicted molar refractivity (Wildman–Crippen MR) is 74.4 cm³/mol. The number of benzene rings is 2. The van der Waals surface area contributed by atoms with Crippen LogP contribution in [0.2, 0.25) is 5.02 Å². The maximum atomic E-state index is 13.7. The largest absolute Gasteiger partial charge is 0.277 e. The Morgan fingerprint density at radius 3 is 2.63 bits per heavy atom. The van der Waals surface area contributed by atoms with Gasteiger partial charge in [0, 0.05) is 16.1 Å². The second kappa shape index (κ2) is 4.86. The minimum atomic E-state index is -0.286. The molecule has 2 aromatic carbocycles. The second-order valence-corrected chi connectivity index (χ2v) is 4.59. The van der Waals surface area contributed by atoms with Gasteiger partial charge in [0.05, 0.1) is 11.4 Å². The Balaban J connectivity index is 2.03. The van der Waals surface area contributed by atoms with Crippen molar-refractivity contribution in [1.29, 1.82) is 0 Å². The van der Waals surface area contributed by atoms with Gasteiger partial charge in [0.25, 0.3) is 0 Å². The lowest BCUT2D eigenvalue weighted by molar-refractivity contribution is 0.630. The van der Waals surface area contributed by atoms with Gasteiger partial charge in [0.1, 0.15) is 5.82 Å². The molecule has 4 heteroatoms. The Labute approximate surface area is 114 Å². The van der Waals surface area contributed by atoms with E-state index >= 15 is 0 Å². The van der Waals surface area contributed by atoms with Gasteiger partial charge in [-0.05, 0) is 30.3 Å². The summed E-state index contributed by atoms with van der Waals surface area (Å²) in [6.07, 6.45) is 0. The lowest BCUT2D eigenvalue weighted by Crippen LogP contribution is -1.82. The zero-order valence-corrected chi connectivity index (χ0v) is 10.7. The molecule has 0 fully saturated rings. The fraction of sp³-hybridized carbons (Fsp3) is 0. The van der Waals surface area contributed by atoms with E-state index in [2.05, 4.69) is 10.2 Å². The van der Waals surface area contributed by atoms with Crippen molar-refractivity contribution in [1.82, 2.24) is 10.2 Å². The van der Waals surface area contributed by atoms with E-state index in [0.717, 1.165) is 11.3 Å². The fourth-order valence-electron chi connectivity index (χ4n) is 1.93. The Morgan fingerprint density at radius 2 is 1.84 bits per heavy atom. The van der Waals surface area contributed by atoms with Gasteiger partial charge in [-0.1, -0.05) is 35.9 Å². The Hall–Kier alpha value is -2.13. The van der Waals surface area contributed by atoms with Gasteiger partial charge < -0.3 is 0 Å². The number of aromatic amines is 1. The van der Waals surface area contributed by atoms with Crippen molar-refractivity contribution in [3.05, 3.63) is 65.4 Å². The first-order chi connectivity index (χ1) is 9.24. The molecule has 2 nitrogen and oxygen atoms in total. The number of aromatic nitrogens is 2. The fourth-order valence-corrected chi connectivity index (χ4v) is 2.12. The predicted octanol–water partition coefficient (Wildman–Crippen LogP) is 4.54. The van der Waals surface area contributed by atoms with Gasteiger partial charge in [0.15, 0.2) is 0 Å². The average molecular weight is 273 g/mol. The number of rotatable bonds is 2. The molecule has 19 heavy (non-hydrogen) atoms. The molecule has 3 aromatic rings. The summed E-state index contributed by atoms with van der Waals surface area (Å²) in [6, 6.07) is 15.8. The molecule has 94 valence electrons. The van der Waals surface area contributed by atoms with Gasteiger partial charge in [-0.25, -0.2) is 4.39 Å². The first-order valence-electron chi connectivity index (χ1n) is 5.80. The van der Waals surface area contributed by atoms with Crippen LogP contribution >= 0.6 is 11.6 Å². The number of hydrogen-bond donors (Lipinski definition) is 1. The molecule has 0 unspecified atom stereocenters. The average Bonchev–Trinajstić information content (AvgIpc) is 2.89. The van der Waals surface area contributed by atoms with Crippen LogP contribution in [0.4, 0.5) is 4.39 Å². The van der Waals surface area contributed by atoms with E-state index in [4.69, 9.17) is 11.6 Å². The summed E-state index contributed by atoms with van der Waals surface area (Å²) >= 11 is 5.95. The zero-order chi connectivity index (χ0) is 13.2. The summed E-state index contributed by atoms with van der Waals surface area (Å²) in [4.78, 5) is 0. The van der Waals surface area contributed by atoms with E-state index < -0.39 is 0 Å². The number of H-pyrrole nitrogens is 1. The van der Waals surface area contributed by atoms with Crippen LogP contribution in [-0.2, 0) is 0 Å². The van der Waals surface area contributed by atoms with Gasteiger partial charge in [-0.15, -0.1) is 0 Å². The molecule has 0 radical (unpaired) electrons. The number of nitrogens with one attached hydrogen (secondary N) is 1. The SMILES string of the molecule is Fc1ccccc1-c1cc(-c2cccc(Cl)c2)[nH]n1. The monoisotopic (exact) mass is 272 g/mol. The van der Waals surface area contributed by atoms with Crippen LogP contribution in [0, 0.1) is 5.82 Å². The van der Waals surface area contributed by atoms with Crippen LogP contribution in [0.25, 0.3) is 22.5 Å². The lowest BCUT2D eigenvalue weighted by Gasteiger charge is -1.97. The van der Waals surface area contributed by atoms with Crippen LogP contribution in [-0.4, -0.2) is 10.2 Å². The van der Waals surface area contributed by atoms with E-state index in [1.807, 2.05) is 24.3 Å². The summed E-state index contributed by atoms with van der Waals surface area (Å²) in [5, 5.41) is 7.70. The molecule has 1 N–H and O–H groups in total. The van der Waals surface area contributed by atoms with E-state index in [9.17, 15) is 4.39 Å². The van der Waals surface area contributed by atoms with E-state index in [-0.39, 0.29) is 5.82 Å². The summed E-state index contributed by atoms with van der Waals surface area (Å²) in [5.74, 6) is -0.286. The van der Waals surface area contributed by atoms with Crippen molar-refractivity contribution in [2.24, 2.45) is 0 Å². The zero-order valence-electron chi connectivity index (χ0n) is 9.90. The molecule has 0 aliphatic heterocycles. The summed E-state index contributed by atoms with van der Waals surface area (Å²) < 4.78 is 13.7. The van der Waals surface area contributed by atoms with Gasteiger partial charge >= 0.3 is 0 Å². The highest BCUT2D eigenvalue weighted by Crippen LogP contribution is 2.26. The molecular weight excluding hydrogens is 263 g/mol. The quantitative estimate of drug-likeness (QED) is 0.729. The van der Waals surface area contributed by atoms with Crippen molar-refractivity contribution in [3.8, 4) is 22.5 Å². The summed E-state index contributed by atoms with van der Waals surface area (Å²) in [6.45, 7) is 0. The number of hydrogen-bond acceptors (Lipinski definition) is 1. The minimum absolute atomic E-state index is 0.286. The molecule has 3 rings (SSSR count). The minimum Gasteiger partial charge on any atom is -0.277 e. The maximum Gasteiger partial charge on any atom is 0.132 e. The number of halogens is 2. The highest BCUT2D eigenvalue weighted by molar-refractivity contribution is 6.30.